The molecular weight excluding hydrogens is 254 g/mol. The fourth-order valence-electron chi connectivity index (χ4n) is 2.36. The van der Waals surface area contributed by atoms with E-state index in [0.29, 0.717) is 18.5 Å². The third-order valence-electron chi connectivity index (χ3n) is 3.61. The van der Waals surface area contributed by atoms with Gasteiger partial charge in [0.2, 0.25) is 11.8 Å². The average Bonchev–Trinajstić information content (AvgIpc) is 2.84. The van der Waals surface area contributed by atoms with Gasteiger partial charge in [0.25, 0.3) is 0 Å². The molecule has 0 bridgehead atoms. The summed E-state index contributed by atoms with van der Waals surface area (Å²) in [4.78, 5) is 25.3. The van der Waals surface area contributed by atoms with Crippen LogP contribution in [0.25, 0.3) is 0 Å². The molecule has 0 spiro atoms. The van der Waals surface area contributed by atoms with Gasteiger partial charge in [-0.3, -0.25) is 9.59 Å². The molecule has 0 saturated carbocycles. The minimum Gasteiger partial charge on any atom is -0.325 e. The molecule has 1 fully saturated rings. The fraction of sp³-hybridized carbons (Fsp3) is 0.467. The molecule has 5 heteroatoms. The number of carbonyl (C=O) groups excluding carboxylic acids is 2. The number of nitrogens with zero attached hydrogens (tertiary/aromatic N) is 1. The Morgan fingerprint density at radius 2 is 2.25 bits per heavy atom. The van der Waals surface area contributed by atoms with Crippen LogP contribution < -0.4 is 16.0 Å². The zero-order valence-corrected chi connectivity index (χ0v) is 12.0. The smallest absolute Gasteiger partial charge is 0.241 e. The van der Waals surface area contributed by atoms with E-state index in [9.17, 15) is 9.59 Å². The normalized spacial score (nSPS) is 16.4. The maximum Gasteiger partial charge on any atom is 0.241 e. The fourth-order valence-corrected chi connectivity index (χ4v) is 2.36. The monoisotopic (exact) mass is 275 g/mol. The summed E-state index contributed by atoms with van der Waals surface area (Å²) in [6.45, 7) is 4.58. The van der Waals surface area contributed by atoms with Crippen molar-refractivity contribution >= 4 is 23.2 Å². The molecule has 20 heavy (non-hydrogen) atoms. The molecule has 108 valence electrons. The number of carbonyl (C=O) groups is 2. The first-order chi connectivity index (χ1) is 9.52. The Balaban J connectivity index is 2.13. The van der Waals surface area contributed by atoms with E-state index in [2.05, 4.69) is 5.32 Å². The summed E-state index contributed by atoms with van der Waals surface area (Å²) in [5, 5.41) is 2.80. The van der Waals surface area contributed by atoms with Gasteiger partial charge in [0.15, 0.2) is 0 Å². The summed E-state index contributed by atoms with van der Waals surface area (Å²) in [6.07, 6.45) is 2.12. The van der Waals surface area contributed by atoms with Crippen molar-refractivity contribution < 1.29 is 9.59 Å². The third kappa shape index (κ3) is 2.99. The van der Waals surface area contributed by atoms with Gasteiger partial charge in [0.1, 0.15) is 0 Å². The van der Waals surface area contributed by atoms with Crippen molar-refractivity contribution in [3.8, 4) is 0 Å². The van der Waals surface area contributed by atoms with Gasteiger partial charge in [-0.15, -0.1) is 0 Å². The van der Waals surface area contributed by atoms with Crippen LogP contribution in [0.4, 0.5) is 11.4 Å². The topological polar surface area (TPSA) is 75.4 Å². The molecule has 5 nitrogen and oxygen atoms in total. The summed E-state index contributed by atoms with van der Waals surface area (Å²) in [6, 6.07) is 5.08. The van der Waals surface area contributed by atoms with Crippen molar-refractivity contribution in [3.63, 3.8) is 0 Å². The SMILES string of the molecule is CC[C@H](N)C(=O)Nc1ccc(N2CCCC2=O)c(C)c1. The first-order valence-corrected chi connectivity index (χ1v) is 7.00. The number of anilines is 2. The van der Waals surface area contributed by atoms with E-state index in [1.165, 1.54) is 0 Å². The molecular formula is C15H21N3O2. The molecule has 0 aromatic heterocycles. The Labute approximate surface area is 119 Å². The summed E-state index contributed by atoms with van der Waals surface area (Å²) >= 11 is 0. The van der Waals surface area contributed by atoms with Crippen LogP contribution in [0.15, 0.2) is 18.2 Å². The summed E-state index contributed by atoms with van der Waals surface area (Å²) < 4.78 is 0. The zero-order valence-electron chi connectivity index (χ0n) is 12.0. The molecule has 2 rings (SSSR count). The lowest BCUT2D eigenvalue weighted by Gasteiger charge is -2.19. The second kappa shape index (κ2) is 6.05. The molecule has 1 aromatic carbocycles. The molecule has 1 aliphatic rings. The highest BCUT2D eigenvalue weighted by atomic mass is 16.2. The number of aryl methyl sites for hydroxylation is 1. The van der Waals surface area contributed by atoms with E-state index in [-0.39, 0.29) is 11.8 Å². The van der Waals surface area contributed by atoms with Crippen molar-refractivity contribution in [2.24, 2.45) is 5.73 Å². The van der Waals surface area contributed by atoms with E-state index in [0.717, 1.165) is 24.2 Å². The van der Waals surface area contributed by atoms with Crippen LogP contribution >= 0.6 is 0 Å². The molecule has 1 aliphatic heterocycles. The standard InChI is InChI=1S/C15H21N3O2/c1-3-12(16)15(20)17-11-6-7-13(10(2)9-11)18-8-4-5-14(18)19/h6-7,9,12H,3-5,8,16H2,1-2H3,(H,17,20)/t12-/m0/s1. The van der Waals surface area contributed by atoms with E-state index in [1.807, 2.05) is 32.0 Å². The summed E-state index contributed by atoms with van der Waals surface area (Å²) in [5.74, 6) is -0.0187. The first kappa shape index (κ1) is 14.5. The molecule has 3 N–H and O–H groups in total. The Morgan fingerprint density at radius 3 is 2.80 bits per heavy atom. The van der Waals surface area contributed by atoms with Crippen molar-refractivity contribution in [2.45, 2.75) is 39.2 Å². The van der Waals surface area contributed by atoms with Gasteiger partial charge in [-0.05, 0) is 43.5 Å². The maximum atomic E-state index is 11.8. The third-order valence-corrected chi connectivity index (χ3v) is 3.61. The van der Waals surface area contributed by atoms with Gasteiger partial charge in [0.05, 0.1) is 6.04 Å². The number of benzene rings is 1. The lowest BCUT2D eigenvalue weighted by Crippen LogP contribution is -2.34. The van der Waals surface area contributed by atoms with Crippen LogP contribution in [-0.2, 0) is 9.59 Å². The quantitative estimate of drug-likeness (QED) is 0.879. The van der Waals surface area contributed by atoms with Crippen molar-refractivity contribution in [3.05, 3.63) is 23.8 Å². The van der Waals surface area contributed by atoms with Crippen LogP contribution in [0.5, 0.6) is 0 Å². The van der Waals surface area contributed by atoms with Crippen molar-refractivity contribution in [1.29, 1.82) is 0 Å². The van der Waals surface area contributed by atoms with Crippen LogP contribution in [0.3, 0.4) is 0 Å². The van der Waals surface area contributed by atoms with Crippen LogP contribution in [-0.4, -0.2) is 24.4 Å². The van der Waals surface area contributed by atoms with Gasteiger partial charge in [0, 0.05) is 24.3 Å². The maximum absolute atomic E-state index is 11.8. The van der Waals surface area contributed by atoms with Gasteiger partial charge >= 0.3 is 0 Å². The Kier molecular flexibility index (Phi) is 4.39. The lowest BCUT2D eigenvalue weighted by molar-refractivity contribution is -0.118. The Bertz CT molecular complexity index is 528. The number of rotatable bonds is 4. The first-order valence-electron chi connectivity index (χ1n) is 7.00. The minimum atomic E-state index is -0.491. The predicted octanol–water partition coefficient (Wildman–Crippen LogP) is 1.80. The number of amides is 2. The molecule has 0 aliphatic carbocycles. The average molecular weight is 275 g/mol. The molecule has 1 atom stereocenters. The van der Waals surface area contributed by atoms with E-state index < -0.39 is 6.04 Å². The number of hydrogen-bond donors (Lipinski definition) is 2. The second-order valence-electron chi connectivity index (χ2n) is 5.15. The van der Waals surface area contributed by atoms with Gasteiger partial charge in [-0.1, -0.05) is 6.92 Å². The highest BCUT2D eigenvalue weighted by molar-refractivity contribution is 5.97. The van der Waals surface area contributed by atoms with Crippen molar-refractivity contribution in [1.82, 2.24) is 0 Å². The molecule has 2 amide bonds. The highest BCUT2D eigenvalue weighted by Crippen LogP contribution is 2.27. The Morgan fingerprint density at radius 1 is 1.50 bits per heavy atom. The van der Waals surface area contributed by atoms with Crippen LogP contribution in [0, 0.1) is 6.92 Å². The minimum absolute atomic E-state index is 0.165. The number of hydrogen-bond acceptors (Lipinski definition) is 3. The van der Waals surface area contributed by atoms with E-state index >= 15 is 0 Å². The summed E-state index contributed by atoms with van der Waals surface area (Å²) in [7, 11) is 0. The number of nitrogens with one attached hydrogen (secondary N) is 1. The van der Waals surface area contributed by atoms with Gasteiger partial charge in [-0.2, -0.15) is 0 Å². The Hall–Kier alpha value is -1.88. The molecule has 0 radical (unpaired) electrons. The van der Waals surface area contributed by atoms with Gasteiger partial charge < -0.3 is 16.0 Å². The van der Waals surface area contributed by atoms with E-state index in [4.69, 9.17) is 5.73 Å². The molecule has 1 saturated heterocycles. The highest BCUT2D eigenvalue weighted by Gasteiger charge is 2.23. The van der Waals surface area contributed by atoms with Gasteiger partial charge in [-0.25, -0.2) is 0 Å². The van der Waals surface area contributed by atoms with Crippen molar-refractivity contribution in [2.75, 3.05) is 16.8 Å². The zero-order chi connectivity index (χ0) is 14.7. The molecule has 1 heterocycles. The van der Waals surface area contributed by atoms with E-state index in [1.54, 1.807) is 4.90 Å². The molecule has 0 unspecified atom stereocenters. The second-order valence-corrected chi connectivity index (χ2v) is 5.15. The molecule has 1 aromatic rings. The largest absolute Gasteiger partial charge is 0.325 e. The predicted molar refractivity (Wildman–Crippen MR) is 79.7 cm³/mol. The summed E-state index contributed by atoms with van der Waals surface area (Å²) in [5.41, 5.74) is 8.30. The number of nitrogens with two attached hydrogens (primary N) is 1. The van der Waals surface area contributed by atoms with Crippen LogP contribution in [0.1, 0.15) is 31.7 Å². The lowest BCUT2D eigenvalue weighted by atomic mass is 10.1. The van der Waals surface area contributed by atoms with Crippen LogP contribution in [0.2, 0.25) is 0 Å².